The average molecular weight is 288 g/mol. The maximum absolute atomic E-state index is 12.1. The summed E-state index contributed by atoms with van der Waals surface area (Å²) in [6.45, 7) is 6.96. The molecule has 2 aromatic rings. The van der Waals surface area contributed by atoms with Crippen molar-refractivity contribution in [1.82, 2.24) is 19.7 Å². The van der Waals surface area contributed by atoms with Gasteiger partial charge in [0.15, 0.2) is 0 Å². The molecule has 112 valence electrons. The zero-order valence-electron chi connectivity index (χ0n) is 12.6. The van der Waals surface area contributed by atoms with Gasteiger partial charge in [0.1, 0.15) is 16.6 Å². The molecule has 0 spiro atoms. The Bertz CT molecular complexity index is 626. The van der Waals surface area contributed by atoms with Gasteiger partial charge in [-0.3, -0.25) is 9.67 Å². The van der Waals surface area contributed by atoms with E-state index in [1.165, 1.54) is 0 Å². The highest BCUT2D eigenvalue weighted by molar-refractivity contribution is 5.72. The second-order valence-corrected chi connectivity index (χ2v) is 6.39. The van der Waals surface area contributed by atoms with Gasteiger partial charge in [-0.05, 0) is 39.3 Å². The molecule has 0 saturated carbocycles. The molecule has 0 aliphatic carbocycles. The Labute approximate surface area is 123 Å². The fraction of sp³-hybridized carbons (Fsp3) is 0.533. The van der Waals surface area contributed by atoms with E-state index < -0.39 is 5.60 Å². The number of hydrogen-bond acceptors (Lipinski definition) is 4. The Hall–Kier alpha value is -2.11. The number of carbonyl (C=O) groups is 1. The van der Waals surface area contributed by atoms with Crippen LogP contribution in [0.1, 0.15) is 33.2 Å². The average Bonchev–Trinajstić information content (AvgIpc) is 3.03. The summed E-state index contributed by atoms with van der Waals surface area (Å²) < 4.78 is 7.33. The van der Waals surface area contributed by atoms with E-state index in [0.717, 1.165) is 17.5 Å². The van der Waals surface area contributed by atoms with Crippen LogP contribution in [0.15, 0.2) is 24.5 Å². The third kappa shape index (κ3) is 2.99. The minimum absolute atomic E-state index is 0.187. The molecule has 1 atom stereocenters. The third-order valence-corrected chi connectivity index (χ3v) is 3.48. The van der Waals surface area contributed by atoms with Crippen molar-refractivity contribution in [3.8, 4) is 0 Å². The number of pyridine rings is 1. The molecule has 6 heteroatoms. The van der Waals surface area contributed by atoms with E-state index >= 15 is 0 Å². The van der Waals surface area contributed by atoms with Crippen LogP contribution in [0.5, 0.6) is 0 Å². The van der Waals surface area contributed by atoms with E-state index in [1.807, 2.05) is 43.8 Å². The molecule has 1 aliphatic rings. The largest absolute Gasteiger partial charge is 0.444 e. The second kappa shape index (κ2) is 5.02. The van der Waals surface area contributed by atoms with Crippen molar-refractivity contribution >= 4 is 17.1 Å². The lowest BCUT2D eigenvalue weighted by atomic mass is 10.2. The molecule has 2 aromatic heterocycles. The van der Waals surface area contributed by atoms with Gasteiger partial charge in [0.05, 0.1) is 12.2 Å². The standard InChI is InChI=1S/C15H20N4O2/c1-15(2,3)21-14(20)18-8-6-11(9-18)19-10-13-12(17-19)5-4-7-16-13/h4-5,7,10-11H,6,8-9H2,1-3H3/t11-/m1/s1. The number of likely N-dealkylation sites (tertiary alicyclic amines) is 1. The predicted octanol–water partition coefficient (Wildman–Crippen LogP) is 2.61. The van der Waals surface area contributed by atoms with Crippen molar-refractivity contribution in [3.63, 3.8) is 0 Å². The molecule has 1 aliphatic heterocycles. The van der Waals surface area contributed by atoms with Gasteiger partial charge in [-0.2, -0.15) is 5.10 Å². The normalized spacial score (nSPS) is 19.2. The topological polar surface area (TPSA) is 60.2 Å². The van der Waals surface area contributed by atoms with Crippen molar-refractivity contribution in [3.05, 3.63) is 24.5 Å². The van der Waals surface area contributed by atoms with Crippen LogP contribution in [0.3, 0.4) is 0 Å². The summed E-state index contributed by atoms with van der Waals surface area (Å²) in [5, 5.41) is 4.54. The SMILES string of the molecule is CC(C)(C)OC(=O)N1CC[C@@H](n2cc3ncccc3n2)C1. The molecule has 0 aromatic carbocycles. The second-order valence-electron chi connectivity index (χ2n) is 6.39. The molecule has 6 nitrogen and oxygen atoms in total. The van der Waals surface area contributed by atoms with E-state index in [0.29, 0.717) is 13.1 Å². The fourth-order valence-corrected chi connectivity index (χ4v) is 2.51. The van der Waals surface area contributed by atoms with E-state index in [1.54, 1.807) is 11.1 Å². The zero-order chi connectivity index (χ0) is 15.0. The number of amides is 1. The van der Waals surface area contributed by atoms with E-state index in [4.69, 9.17) is 4.74 Å². The highest BCUT2D eigenvalue weighted by atomic mass is 16.6. The molecular formula is C15H20N4O2. The van der Waals surface area contributed by atoms with Crippen molar-refractivity contribution in [1.29, 1.82) is 0 Å². The van der Waals surface area contributed by atoms with Gasteiger partial charge < -0.3 is 9.64 Å². The molecule has 0 radical (unpaired) electrons. The Morgan fingerprint density at radius 1 is 1.38 bits per heavy atom. The molecule has 0 bridgehead atoms. The molecule has 0 unspecified atom stereocenters. The van der Waals surface area contributed by atoms with E-state index in [2.05, 4.69) is 10.1 Å². The monoisotopic (exact) mass is 288 g/mol. The van der Waals surface area contributed by atoms with Crippen molar-refractivity contribution < 1.29 is 9.53 Å². The third-order valence-electron chi connectivity index (χ3n) is 3.48. The van der Waals surface area contributed by atoms with Crippen LogP contribution in [0.25, 0.3) is 11.0 Å². The Morgan fingerprint density at radius 2 is 2.19 bits per heavy atom. The Balaban J connectivity index is 1.70. The van der Waals surface area contributed by atoms with Crippen LogP contribution in [-0.4, -0.2) is 44.4 Å². The van der Waals surface area contributed by atoms with Crippen LogP contribution in [0.4, 0.5) is 4.79 Å². The number of rotatable bonds is 1. The van der Waals surface area contributed by atoms with Gasteiger partial charge >= 0.3 is 6.09 Å². The zero-order valence-corrected chi connectivity index (χ0v) is 12.6. The number of carbonyl (C=O) groups excluding carboxylic acids is 1. The van der Waals surface area contributed by atoms with Gasteiger partial charge in [-0.15, -0.1) is 0 Å². The van der Waals surface area contributed by atoms with Crippen LogP contribution in [-0.2, 0) is 4.74 Å². The summed E-state index contributed by atoms with van der Waals surface area (Å²) in [5.74, 6) is 0. The summed E-state index contributed by atoms with van der Waals surface area (Å²) in [4.78, 5) is 18.1. The molecule has 21 heavy (non-hydrogen) atoms. The molecule has 1 saturated heterocycles. The molecular weight excluding hydrogens is 268 g/mol. The molecule has 3 heterocycles. The molecule has 0 N–H and O–H groups in total. The Kier molecular flexibility index (Phi) is 3.31. The van der Waals surface area contributed by atoms with Crippen LogP contribution in [0, 0.1) is 0 Å². The van der Waals surface area contributed by atoms with Crippen LogP contribution in [0.2, 0.25) is 0 Å². The first-order valence-electron chi connectivity index (χ1n) is 7.20. The first kappa shape index (κ1) is 13.9. The number of aromatic nitrogens is 3. The lowest BCUT2D eigenvalue weighted by Gasteiger charge is -2.24. The number of ether oxygens (including phenoxy) is 1. The predicted molar refractivity (Wildman–Crippen MR) is 79.0 cm³/mol. The molecule has 1 fully saturated rings. The van der Waals surface area contributed by atoms with Crippen LogP contribution >= 0.6 is 0 Å². The van der Waals surface area contributed by atoms with E-state index in [-0.39, 0.29) is 12.1 Å². The van der Waals surface area contributed by atoms with E-state index in [9.17, 15) is 4.79 Å². The fourth-order valence-electron chi connectivity index (χ4n) is 2.51. The lowest BCUT2D eigenvalue weighted by Crippen LogP contribution is -2.35. The maximum Gasteiger partial charge on any atom is 0.410 e. The summed E-state index contributed by atoms with van der Waals surface area (Å²) in [5.41, 5.74) is 1.31. The summed E-state index contributed by atoms with van der Waals surface area (Å²) >= 11 is 0. The van der Waals surface area contributed by atoms with Gasteiger partial charge in [0.2, 0.25) is 0 Å². The molecule has 3 rings (SSSR count). The van der Waals surface area contributed by atoms with Gasteiger partial charge in [0, 0.05) is 19.3 Å². The minimum atomic E-state index is -0.459. The van der Waals surface area contributed by atoms with Crippen molar-refractivity contribution in [2.45, 2.75) is 38.8 Å². The highest BCUT2D eigenvalue weighted by Gasteiger charge is 2.31. The summed E-state index contributed by atoms with van der Waals surface area (Å²) in [6, 6.07) is 4.01. The number of hydrogen-bond donors (Lipinski definition) is 0. The van der Waals surface area contributed by atoms with Crippen LogP contribution < -0.4 is 0 Å². The molecule has 1 amide bonds. The van der Waals surface area contributed by atoms with Crippen molar-refractivity contribution in [2.75, 3.05) is 13.1 Å². The van der Waals surface area contributed by atoms with Crippen molar-refractivity contribution in [2.24, 2.45) is 0 Å². The quantitative estimate of drug-likeness (QED) is 0.809. The smallest absolute Gasteiger partial charge is 0.410 e. The maximum atomic E-state index is 12.1. The first-order valence-corrected chi connectivity index (χ1v) is 7.20. The minimum Gasteiger partial charge on any atom is -0.444 e. The lowest BCUT2D eigenvalue weighted by molar-refractivity contribution is 0.0288. The summed E-state index contributed by atoms with van der Waals surface area (Å²) in [6.07, 6.45) is 4.33. The highest BCUT2D eigenvalue weighted by Crippen LogP contribution is 2.24. The van der Waals surface area contributed by atoms with Gasteiger partial charge in [-0.25, -0.2) is 4.79 Å². The van der Waals surface area contributed by atoms with Gasteiger partial charge in [-0.1, -0.05) is 0 Å². The Morgan fingerprint density at radius 3 is 2.90 bits per heavy atom. The summed E-state index contributed by atoms with van der Waals surface area (Å²) in [7, 11) is 0. The van der Waals surface area contributed by atoms with Gasteiger partial charge in [0.25, 0.3) is 0 Å². The number of nitrogens with zero attached hydrogens (tertiary/aromatic N) is 4. The first-order chi connectivity index (χ1) is 9.92. The number of fused-ring (bicyclic) bond motifs is 1.